The smallest absolute Gasteiger partial charge is 0.177 e. The van der Waals surface area contributed by atoms with E-state index in [0.29, 0.717) is 0 Å². The molecule has 1 aromatic carbocycles. The molecule has 0 radical (unpaired) electrons. The summed E-state index contributed by atoms with van der Waals surface area (Å²) in [4.78, 5) is 0. The Morgan fingerprint density at radius 3 is 2.77 bits per heavy atom. The lowest BCUT2D eigenvalue weighted by Gasteiger charge is -1.89. The van der Waals surface area contributed by atoms with Crippen molar-refractivity contribution in [2.24, 2.45) is 0 Å². The molecule has 0 aliphatic rings. The van der Waals surface area contributed by atoms with Crippen molar-refractivity contribution in [3.63, 3.8) is 0 Å². The summed E-state index contributed by atoms with van der Waals surface area (Å²) in [7, 11) is 0. The first-order valence-electron chi connectivity index (χ1n) is 3.89. The number of halogens is 1. The zero-order valence-corrected chi connectivity index (χ0v) is 8.21. The Kier molecular flexibility index (Phi) is 1.45. The van der Waals surface area contributed by atoms with Crippen molar-refractivity contribution < 1.29 is 4.39 Å². The van der Waals surface area contributed by atoms with Gasteiger partial charge >= 0.3 is 0 Å². The SMILES string of the molecule is Fc1cc2cc3sccc3cc2s1. The van der Waals surface area contributed by atoms with Gasteiger partial charge in [-0.15, -0.1) is 22.7 Å². The second-order valence-corrected chi connectivity index (χ2v) is 4.88. The second-order valence-electron chi connectivity index (χ2n) is 2.90. The van der Waals surface area contributed by atoms with Crippen molar-refractivity contribution in [3.05, 3.63) is 34.8 Å². The Bertz CT molecular complexity index is 529. The van der Waals surface area contributed by atoms with Gasteiger partial charge in [0.2, 0.25) is 0 Å². The molecule has 0 atom stereocenters. The van der Waals surface area contributed by atoms with Crippen LogP contribution in [-0.2, 0) is 0 Å². The Morgan fingerprint density at radius 2 is 1.85 bits per heavy atom. The molecule has 0 aliphatic carbocycles. The van der Waals surface area contributed by atoms with E-state index in [1.165, 1.54) is 21.4 Å². The summed E-state index contributed by atoms with van der Waals surface area (Å²) >= 11 is 2.90. The third-order valence-electron chi connectivity index (χ3n) is 2.06. The van der Waals surface area contributed by atoms with E-state index in [-0.39, 0.29) is 5.13 Å². The molecule has 0 bridgehead atoms. The maximum atomic E-state index is 12.9. The number of hydrogen-bond acceptors (Lipinski definition) is 2. The third-order valence-corrected chi connectivity index (χ3v) is 3.83. The van der Waals surface area contributed by atoms with E-state index in [4.69, 9.17) is 0 Å². The van der Waals surface area contributed by atoms with Crippen LogP contribution in [0, 0.1) is 5.13 Å². The van der Waals surface area contributed by atoms with E-state index in [1.54, 1.807) is 17.4 Å². The molecule has 0 N–H and O–H groups in total. The second kappa shape index (κ2) is 2.53. The fourth-order valence-electron chi connectivity index (χ4n) is 1.46. The summed E-state index contributed by atoms with van der Waals surface area (Å²) in [5.41, 5.74) is 0. The van der Waals surface area contributed by atoms with E-state index in [2.05, 4.69) is 23.6 Å². The maximum absolute atomic E-state index is 12.9. The lowest BCUT2D eigenvalue weighted by atomic mass is 10.2. The van der Waals surface area contributed by atoms with Gasteiger partial charge in [-0.05, 0) is 40.4 Å². The maximum Gasteiger partial charge on any atom is 0.177 e. The van der Waals surface area contributed by atoms with Crippen molar-refractivity contribution in [1.82, 2.24) is 0 Å². The van der Waals surface area contributed by atoms with Gasteiger partial charge in [-0.1, -0.05) is 0 Å². The standard InChI is InChI=1S/C10H5FS2/c11-10-5-7-4-8-6(1-2-12-8)3-9(7)13-10/h1-5H. The van der Waals surface area contributed by atoms with Gasteiger partial charge in [-0.2, -0.15) is 4.39 Å². The minimum Gasteiger partial charge on any atom is -0.195 e. The molecule has 0 amide bonds. The van der Waals surface area contributed by atoms with Crippen molar-refractivity contribution in [3.8, 4) is 0 Å². The van der Waals surface area contributed by atoms with Gasteiger partial charge in [0.1, 0.15) is 0 Å². The molecule has 0 unspecified atom stereocenters. The van der Waals surface area contributed by atoms with Crippen LogP contribution in [0.15, 0.2) is 29.6 Å². The first kappa shape index (κ1) is 7.47. The number of fused-ring (bicyclic) bond motifs is 2. The molecule has 0 spiro atoms. The average Bonchev–Trinajstić information content (AvgIpc) is 2.63. The fourth-order valence-corrected chi connectivity index (χ4v) is 3.10. The molecule has 3 rings (SSSR count). The highest BCUT2D eigenvalue weighted by Crippen LogP contribution is 2.31. The molecular formula is C10H5FS2. The average molecular weight is 208 g/mol. The molecule has 3 aromatic rings. The van der Waals surface area contributed by atoms with E-state index in [1.807, 2.05) is 0 Å². The van der Waals surface area contributed by atoms with Crippen LogP contribution in [0.4, 0.5) is 4.39 Å². The van der Waals surface area contributed by atoms with Gasteiger partial charge in [0.15, 0.2) is 5.13 Å². The topological polar surface area (TPSA) is 0 Å². The first-order valence-corrected chi connectivity index (χ1v) is 5.59. The zero-order valence-electron chi connectivity index (χ0n) is 6.58. The van der Waals surface area contributed by atoms with Gasteiger partial charge in [0.05, 0.1) is 0 Å². The van der Waals surface area contributed by atoms with Crippen LogP contribution in [0.25, 0.3) is 20.2 Å². The number of thiophene rings is 2. The normalized spacial score (nSPS) is 11.5. The van der Waals surface area contributed by atoms with Gasteiger partial charge < -0.3 is 0 Å². The molecule has 0 aliphatic heterocycles. The largest absolute Gasteiger partial charge is 0.195 e. The third kappa shape index (κ3) is 1.08. The molecule has 64 valence electrons. The summed E-state index contributed by atoms with van der Waals surface area (Å²) in [6.45, 7) is 0. The summed E-state index contributed by atoms with van der Waals surface area (Å²) in [6, 6.07) is 7.76. The molecule has 0 fully saturated rings. The van der Waals surface area contributed by atoms with Gasteiger partial charge in [0, 0.05) is 9.40 Å². The van der Waals surface area contributed by atoms with E-state index < -0.39 is 0 Å². The first-order chi connectivity index (χ1) is 6.33. The quantitative estimate of drug-likeness (QED) is 0.518. The summed E-state index contributed by atoms with van der Waals surface area (Å²) in [5.74, 6) is 0. The Balaban J connectivity index is 2.54. The molecule has 3 heteroatoms. The Labute approximate surface area is 82.2 Å². The van der Waals surface area contributed by atoms with E-state index in [0.717, 1.165) is 10.1 Å². The zero-order chi connectivity index (χ0) is 8.84. The van der Waals surface area contributed by atoms with Crippen LogP contribution in [0.2, 0.25) is 0 Å². The van der Waals surface area contributed by atoms with Crippen LogP contribution >= 0.6 is 22.7 Å². The van der Waals surface area contributed by atoms with Crippen LogP contribution in [-0.4, -0.2) is 0 Å². The number of benzene rings is 1. The molecule has 0 nitrogen and oxygen atoms in total. The van der Waals surface area contributed by atoms with Crippen LogP contribution in [0.1, 0.15) is 0 Å². The van der Waals surface area contributed by atoms with Crippen LogP contribution in [0.5, 0.6) is 0 Å². The van der Waals surface area contributed by atoms with Crippen molar-refractivity contribution in [2.75, 3.05) is 0 Å². The summed E-state index contributed by atoms with van der Waals surface area (Å²) in [5, 5.41) is 4.18. The number of rotatable bonds is 0. The predicted molar refractivity (Wildman–Crippen MR) is 57.2 cm³/mol. The Morgan fingerprint density at radius 1 is 1.00 bits per heavy atom. The molecular weight excluding hydrogens is 203 g/mol. The molecule has 2 heterocycles. The predicted octanol–water partition coefficient (Wildman–Crippen LogP) is 4.26. The molecule has 0 saturated heterocycles. The van der Waals surface area contributed by atoms with E-state index in [9.17, 15) is 4.39 Å². The highest BCUT2D eigenvalue weighted by Gasteiger charge is 2.03. The highest BCUT2D eigenvalue weighted by atomic mass is 32.1. The lowest BCUT2D eigenvalue weighted by molar-refractivity contribution is 0.658. The molecule has 13 heavy (non-hydrogen) atoms. The molecule has 2 aromatic heterocycles. The van der Waals surface area contributed by atoms with Gasteiger partial charge in [-0.3, -0.25) is 0 Å². The van der Waals surface area contributed by atoms with Crippen LogP contribution in [0.3, 0.4) is 0 Å². The van der Waals surface area contributed by atoms with Gasteiger partial charge in [-0.25, -0.2) is 0 Å². The minimum atomic E-state index is -0.104. The fraction of sp³-hybridized carbons (Fsp3) is 0. The Hall–Kier alpha value is -0.930. The van der Waals surface area contributed by atoms with Crippen molar-refractivity contribution in [2.45, 2.75) is 0 Å². The van der Waals surface area contributed by atoms with Crippen LogP contribution < -0.4 is 0 Å². The summed E-state index contributed by atoms with van der Waals surface area (Å²) in [6.07, 6.45) is 0. The monoisotopic (exact) mass is 208 g/mol. The highest BCUT2D eigenvalue weighted by molar-refractivity contribution is 7.19. The number of hydrogen-bond donors (Lipinski definition) is 0. The van der Waals surface area contributed by atoms with E-state index >= 15 is 0 Å². The van der Waals surface area contributed by atoms with Crippen molar-refractivity contribution in [1.29, 1.82) is 0 Å². The molecule has 0 saturated carbocycles. The lowest BCUT2D eigenvalue weighted by Crippen LogP contribution is -1.62. The van der Waals surface area contributed by atoms with Crippen molar-refractivity contribution >= 4 is 42.8 Å². The summed E-state index contributed by atoms with van der Waals surface area (Å²) < 4.78 is 15.2. The minimum absolute atomic E-state index is 0.104. The van der Waals surface area contributed by atoms with Gasteiger partial charge in [0.25, 0.3) is 0 Å².